The maximum absolute atomic E-state index is 12.4. The molecule has 0 saturated heterocycles. The molecule has 1 fully saturated rings. The summed E-state index contributed by atoms with van der Waals surface area (Å²) < 4.78 is 26.3. The second-order valence-corrected chi connectivity index (χ2v) is 7.12. The third-order valence-electron chi connectivity index (χ3n) is 3.81. The molecule has 2 rings (SSSR count). The first kappa shape index (κ1) is 13.4. The van der Waals surface area contributed by atoms with Crippen LogP contribution in [0.25, 0.3) is 0 Å². The smallest absolute Gasteiger partial charge is 0.243 e. The largest absolute Gasteiger partial charge is 0.398 e. The number of aryl methyl sites for hydroxylation is 1. The van der Waals surface area contributed by atoms with Gasteiger partial charge < -0.3 is 5.73 Å². The van der Waals surface area contributed by atoms with Crippen LogP contribution in [0.3, 0.4) is 0 Å². The monoisotopic (exact) mass is 268 g/mol. The number of nitrogens with two attached hydrogens (primary N) is 1. The Morgan fingerprint density at radius 3 is 2.50 bits per heavy atom. The van der Waals surface area contributed by atoms with Gasteiger partial charge in [0, 0.05) is 18.8 Å². The lowest BCUT2D eigenvalue weighted by Gasteiger charge is -2.24. The summed E-state index contributed by atoms with van der Waals surface area (Å²) in [5.74, 6) is 0.507. The van der Waals surface area contributed by atoms with Crippen LogP contribution in [0.4, 0.5) is 5.69 Å². The van der Waals surface area contributed by atoms with E-state index < -0.39 is 10.0 Å². The zero-order valence-electron chi connectivity index (χ0n) is 11.1. The van der Waals surface area contributed by atoms with Crippen molar-refractivity contribution in [3.63, 3.8) is 0 Å². The Morgan fingerprint density at radius 2 is 2.00 bits per heavy atom. The zero-order chi connectivity index (χ0) is 13.5. The molecular weight excluding hydrogens is 248 g/mol. The Hall–Kier alpha value is -1.07. The van der Waals surface area contributed by atoms with Crippen molar-refractivity contribution < 1.29 is 8.42 Å². The summed E-state index contributed by atoms with van der Waals surface area (Å²) in [7, 11) is -1.78. The molecule has 4 nitrogen and oxygen atoms in total. The fourth-order valence-electron chi connectivity index (χ4n) is 2.04. The second kappa shape index (κ2) is 4.55. The van der Waals surface area contributed by atoms with Crippen molar-refractivity contribution in [3.05, 3.63) is 23.8 Å². The van der Waals surface area contributed by atoms with Crippen molar-refractivity contribution in [1.29, 1.82) is 0 Å². The summed E-state index contributed by atoms with van der Waals surface area (Å²) in [5, 5.41) is 0. The first-order chi connectivity index (χ1) is 8.34. The minimum Gasteiger partial charge on any atom is -0.398 e. The van der Waals surface area contributed by atoms with Crippen molar-refractivity contribution in [2.24, 2.45) is 5.92 Å². The van der Waals surface area contributed by atoms with E-state index in [0.29, 0.717) is 11.6 Å². The highest BCUT2D eigenvalue weighted by atomic mass is 32.2. The van der Waals surface area contributed by atoms with Gasteiger partial charge in [-0.05, 0) is 50.3 Å². The van der Waals surface area contributed by atoms with Gasteiger partial charge in [0.2, 0.25) is 10.0 Å². The van der Waals surface area contributed by atoms with Crippen LogP contribution in [0.1, 0.15) is 25.3 Å². The molecule has 18 heavy (non-hydrogen) atoms. The highest BCUT2D eigenvalue weighted by Crippen LogP contribution is 2.36. The Balaban J connectivity index is 2.31. The predicted octanol–water partition coefficient (Wildman–Crippen LogP) is 2.00. The van der Waals surface area contributed by atoms with E-state index in [0.717, 1.165) is 18.4 Å². The van der Waals surface area contributed by atoms with E-state index in [1.54, 1.807) is 25.2 Å². The minimum absolute atomic E-state index is 0.0533. The average molecular weight is 268 g/mol. The number of hydrogen-bond donors (Lipinski definition) is 1. The first-order valence-corrected chi connectivity index (χ1v) is 7.62. The lowest BCUT2D eigenvalue weighted by Crippen LogP contribution is -2.36. The molecule has 2 N–H and O–H groups in total. The molecule has 1 unspecified atom stereocenters. The third kappa shape index (κ3) is 2.37. The molecule has 0 radical (unpaired) electrons. The predicted molar refractivity (Wildman–Crippen MR) is 72.7 cm³/mol. The fraction of sp³-hybridized carbons (Fsp3) is 0.538. The molecular formula is C13H20N2O2S. The molecule has 1 atom stereocenters. The van der Waals surface area contributed by atoms with Gasteiger partial charge >= 0.3 is 0 Å². The van der Waals surface area contributed by atoms with Gasteiger partial charge in [-0.2, -0.15) is 4.31 Å². The molecule has 1 aliphatic rings. The lowest BCUT2D eigenvalue weighted by molar-refractivity contribution is 0.357. The lowest BCUT2D eigenvalue weighted by atomic mass is 10.2. The van der Waals surface area contributed by atoms with Crippen molar-refractivity contribution in [3.8, 4) is 0 Å². The van der Waals surface area contributed by atoms with E-state index in [4.69, 9.17) is 5.73 Å². The van der Waals surface area contributed by atoms with E-state index in [1.807, 2.05) is 13.8 Å². The molecule has 0 amide bonds. The summed E-state index contributed by atoms with van der Waals surface area (Å²) in [6, 6.07) is 4.97. The number of nitrogens with zero attached hydrogens (tertiary/aromatic N) is 1. The van der Waals surface area contributed by atoms with Crippen molar-refractivity contribution in [2.45, 2.75) is 37.6 Å². The van der Waals surface area contributed by atoms with Crippen LogP contribution < -0.4 is 5.73 Å². The van der Waals surface area contributed by atoms with Gasteiger partial charge in [0.25, 0.3) is 0 Å². The number of sulfonamides is 1. The maximum atomic E-state index is 12.4. The van der Waals surface area contributed by atoms with E-state index in [1.165, 1.54) is 4.31 Å². The average Bonchev–Trinajstić information content (AvgIpc) is 3.14. The van der Waals surface area contributed by atoms with Gasteiger partial charge in [0.1, 0.15) is 0 Å². The van der Waals surface area contributed by atoms with Gasteiger partial charge in [-0.15, -0.1) is 0 Å². The molecule has 100 valence electrons. The van der Waals surface area contributed by atoms with Crippen LogP contribution >= 0.6 is 0 Å². The van der Waals surface area contributed by atoms with Crippen molar-refractivity contribution >= 4 is 15.7 Å². The molecule has 0 spiro atoms. The summed E-state index contributed by atoms with van der Waals surface area (Å²) in [6.45, 7) is 3.83. The fourth-order valence-corrected chi connectivity index (χ4v) is 3.50. The van der Waals surface area contributed by atoms with Crippen LogP contribution in [0.5, 0.6) is 0 Å². The number of nitrogen functional groups attached to an aromatic ring is 1. The van der Waals surface area contributed by atoms with E-state index >= 15 is 0 Å². The maximum Gasteiger partial charge on any atom is 0.243 e. The SMILES string of the molecule is Cc1ccc(S(=O)(=O)N(C)C(C)C2CC2)cc1N. The van der Waals surface area contributed by atoms with Gasteiger partial charge in [-0.3, -0.25) is 0 Å². The molecule has 1 aromatic rings. The molecule has 1 aliphatic carbocycles. The van der Waals surface area contributed by atoms with Crippen molar-refractivity contribution in [1.82, 2.24) is 4.31 Å². The molecule has 1 aromatic carbocycles. The minimum atomic E-state index is -3.43. The standard InChI is InChI=1S/C13H20N2O2S/c1-9-4-7-12(8-13(9)14)18(16,17)15(3)10(2)11-5-6-11/h4,7-8,10-11H,5-6,14H2,1-3H3. The molecule has 0 heterocycles. The van der Waals surface area contributed by atoms with Crippen molar-refractivity contribution in [2.75, 3.05) is 12.8 Å². The number of rotatable bonds is 4. The van der Waals surface area contributed by atoms with Crippen LogP contribution in [0, 0.1) is 12.8 Å². The number of hydrogen-bond acceptors (Lipinski definition) is 3. The Labute approximate surface area is 109 Å². The van der Waals surface area contributed by atoms with Crippen LogP contribution in [-0.4, -0.2) is 25.8 Å². The van der Waals surface area contributed by atoms with Crippen LogP contribution in [-0.2, 0) is 10.0 Å². The highest BCUT2D eigenvalue weighted by molar-refractivity contribution is 7.89. The quantitative estimate of drug-likeness (QED) is 0.849. The molecule has 0 aliphatic heterocycles. The van der Waals surface area contributed by atoms with E-state index in [-0.39, 0.29) is 10.9 Å². The first-order valence-electron chi connectivity index (χ1n) is 6.18. The van der Waals surface area contributed by atoms with Gasteiger partial charge in [-0.25, -0.2) is 8.42 Å². The van der Waals surface area contributed by atoms with Crippen LogP contribution in [0.15, 0.2) is 23.1 Å². The Kier molecular flexibility index (Phi) is 3.38. The summed E-state index contributed by atoms with van der Waals surface area (Å²) in [5.41, 5.74) is 7.20. The van der Waals surface area contributed by atoms with Gasteiger partial charge in [0.05, 0.1) is 4.90 Å². The summed E-state index contributed by atoms with van der Waals surface area (Å²) in [6.07, 6.45) is 2.24. The Bertz CT molecular complexity index is 550. The van der Waals surface area contributed by atoms with Gasteiger partial charge in [-0.1, -0.05) is 6.07 Å². The second-order valence-electron chi connectivity index (χ2n) is 5.12. The molecule has 1 saturated carbocycles. The summed E-state index contributed by atoms with van der Waals surface area (Å²) >= 11 is 0. The Morgan fingerprint density at radius 1 is 1.39 bits per heavy atom. The normalized spacial score (nSPS) is 18.0. The highest BCUT2D eigenvalue weighted by Gasteiger charge is 2.36. The summed E-state index contributed by atoms with van der Waals surface area (Å²) in [4.78, 5) is 0.278. The zero-order valence-corrected chi connectivity index (χ0v) is 11.9. The number of anilines is 1. The number of benzene rings is 1. The topological polar surface area (TPSA) is 63.4 Å². The van der Waals surface area contributed by atoms with E-state index in [2.05, 4.69) is 0 Å². The van der Waals surface area contributed by atoms with Crippen LogP contribution in [0.2, 0.25) is 0 Å². The molecule has 0 bridgehead atoms. The third-order valence-corrected chi connectivity index (χ3v) is 5.75. The van der Waals surface area contributed by atoms with E-state index in [9.17, 15) is 8.42 Å². The molecule has 0 aromatic heterocycles. The van der Waals surface area contributed by atoms with Gasteiger partial charge in [0.15, 0.2) is 0 Å². The molecule has 5 heteroatoms.